The Morgan fingerprint density at radius 3 is 2.33 bits per heavy atom. The quantitative estimate of drug-likeness (QED) is 0.296. The van der Waals surface area contributed by atoms with E-state index in [0.29, 0.717) is 0 Å². The summed E-state index contributed by atoms with van der Waals surface area (Å²) in [5, 5.41) is 5.07. The zero-order valence-electron chi connectivity index (χ0n) is 14.4. The molecule has 2 heterocycles. The van der Waals surface area contributed by atoms with Gasteiger partial charge in [0, 0.05) is 42.7 Å². The summed E-state index contributed by atoms with van der Waals surface area (Å²) in [5.41, 5.74) is 5.99. The standard InChI is InChI=1S/C24H15BrN2/c25-15-10-12-20-19(14-15)23-21(26-20)13-11-18-17-8-4-5-9-22(17)27(24(18)23)16-6-2-1-3-7-16/h1-14,26H. The molecule has 0 aliphatic carbocycles. The third kappa shape index (κ3) is 2.06. The van der Waals surface area contributed by atoms with Crippen molar-refractivity contribution in [1.82, 2.24) is 9.55 Å². The highest BCUT2D eigenvalue weighted by Crippen LogP contribution is 2.39. The van der Waals surface area contributed by atoms with Crippen molar-refractivity contribution >= 4 is 59.5 Å². The van der Waals surface area contributed by atoms with Gasteiger partial charge in [0.05, 0.1) is 11.0 Å². The maximum absolute atomic E-state index is 3.64. The summed E-state index contributed by atoms with van der Waals surface area (Å²) in [5.74, 6) is 0. The van der Waals surface area contributed by atoms with Crippen molar-refractivity contribution in [1.29, 1.82) is 0 Å². The van der Waals surface area contributed by atoms with Crippen molar-refractivity contribution in [3.05, 3.63) is 89.4 Å². The number of benzene rings is 4. The highest BCUT2D eigenvalue weighted by Gasteiger charge is 2.17. The van der Waals surface area contributed by atoms with Crippen LogP contribution in [0.1, 0.15) is 0 Å². The summed E-state index contributed by atoms with van der Waals surface area (Å²) in [4.78, 5) is 3.59. The fraction of sp³-hybridized carbons (Fsp3) is 0. The summed E-state index contributed by atoms with van der Waals surface area (Å²) in [6, 6.07) is 30.1. The minimum Gasteiger partial charge on any atom is -0.354 e. The third-order valence-corrected chi connectivity index (χ3v) is 5.86. The van der Waals surface area contributed by atoms with Gasteiger partial charge in [0.2, 0.25) is 0 Å². The molecule has 0 radical (unpaired) electrons. The van der Waals surface area contributed by atoms with Crippen LogP contribution in [0.3, 0.4) is 0 Å². The molecule has 0 saturated heterocycles. The molecule has 2 nitrogen and oxygen atoms in total. The molecule has 128 valence electrons. The third-order valence-electron chi connectivity index (χ3n) is 5.37. The zero-order chi connectivity index (χ0) is 18.0. The molecule has 0 fully saturated rings. The number of para-hydroxylation sites is 2. The second-order valence-electron chi connectivity index (χ2n) is 6.89. The largest absolute Gasteiger partial charge is 0.354 e. The van der Waals surface area contributed by atoms with Gasteiger partial charge in [0.15, 0.2) is 0 Å². The first kappa shape index (κ1) is 15.1. The normalized spacial score (nSPS) is 11.9. The van der Waals surface area contributed by atoms with E-state index in [2.05, 4.69) is 110 Å². The van der Waals surface area contributed by atoms with Crippen molar-refractivity contribution in [3.63, 3.8) is 0 Å². The van der Waals surface area contributed by atoms with Crippen LogP contribution >= 0.6 is 15.9 Å². The smallest absolute Gasteiger partial charge is 0.0641 e. The number of hydrogen-bond donors (Lipinski definition) is 1. The predicted octanol–water partition coefficient (Wildman–Crippen LogP) is 7.18. The van der Waals surface area contributed by atoms with E-state index < -0.39 is 0 Å². The molecule has 3 heteroatoms. The fourth-order valence-electron chi connectivity index (χ4n) is 4.26. The molecule has 0 aliphatic rings. The minimum absolute atomic E-state index is 1.09. The van der Waals surface area contributed by atoms with E-state index in [1.165, 1.54) is 38.3 Å². The summed E-state index contributed by atoms with van der Waals surface area (Å²) in [6.45, 7) is 0. The van der Waals surface area contributed by atoms with Gasteiger partial charge in [-0.15, -0.1) is 0 Å². The van der Waals surface area contributed by atoms with Crippen molar-refractivity contribution in [2.45, 2.75) is 0 Å². The number of hydrogen-bond acceptors (Lipinski definition) is 0. The van der Waals surface area contributed by atoms with Gasteiger partial charge in [-0.05, 0) is 42.5 Å². The Labute approximate surface area is 164 Å². The lowest BCUT2D eigenvalue weighted by Crippen LogP contribution is -1.93. The van der Waals surface area contributed by atoms with Crippen molar-refractivity contribution in [2.24, 2.45) is 0 Å². The molecule has 27 heavy (non-hydrogen) atoms. The van der Waals surface area contributed by atoms with Gasteiger partial charge in [-0.25, -0.2) is 0 Å². The molecule has 6 aromatic rings. The van der Waals surface area contributed by atoms with Gasteiger partial charge in [0.1, 0.15) is 0 Å². The van der Waals surface area contributed by atoms with E-state index in [9.17, 15) is 0 Å². The Kier molecular flexibility index (Phi) is 3.06. The Hall–Kier alpha value is -3.04. The lowest BCUT2D eigenvalue weighted by Gasteiger charge is -2.08. The highest BCUT2D eigenvalue weighted by atomic mass is 79.9. The topological polar surface area (TPSA) is 20.7 Å². The van der Waals surface area contributed by atoms with Gasteiger partial charge in [-0.2, -0.15) is 0 Å². The van der Waals surface area contributed by atoms with E-state index in [-0.39, 0.29) is 0 Å². The van der Waals surface area contributed by atoms with E-state index in [4.69, 9.17) is 0 Å². The molecule has 0 unspecified atom stereocenters. The van der Waals surface area contributed by atoms with Gasteiger partial charge in [0.25, 0.3) is 0 Å². The Morgan fingerprint density at radius 2 is 1.44 bits per heavy atom. The van der Waals surface area contributed by atoms with Crippen LogP contribution in [0.25, 0.3) is 49.3 Å². The van der Waals surface area contributed by atoms with Crippen molar-refractivity contribution in [3.8, 4) is 5.69 Å². The summed E-state index contributed by atoms with van der Waals surface area (Å²) >= 11 is 3.64. The average Bonchev–Trinajstić information content (AvgIpc) is 3.23. The lowest BCUT2D eigenvalue weighted by atomic mass is 10.1. The number of halogens is 1. The SMILES string of the molecule is Brc1ccc2[nH]c3ccc4c5ccccc5n(-c5ccccc5)c4c3c2c1. The van der Waals surface area contributed by atoms with Gasteiger partial charge >= 0.3 is 0 Å². The van der Waals surface area contributed by atoms with E-state index in [0.717, 1.165) is 15.5 Å². The van der Waals surface area contributed by atoms with Crippen LogP contribution in [0.2, 0.25) is 0 Å². The molecule has 0 amide bonds. The second-order valence-corrected chi connectivity index (χ2v) is 7.80. The fourth-order valence-corrected chi connectivity index (χ4v) is 4.62. The first-order chi connectivity index (χ1) is 13.3. The first-order valence-corrected chi connectivity index (χ1v) is 9.79. The van der Waals surface area contributed by atoms with Crippen LogP contribution in [-0.2, 0) is 0 Å². The van der Waals surface area contributed by atoms with E-state index in [1.807, 2.05) is 0 Å². The van der Waals surface area contributed by atoms with Gasteiger partial charge in [-0.1, -0.05) is 58.4 Å². The van der Waals surface area contributed by atoms with Gasteiger partial charge in [-0.3, -0.25) is 0 Å². The van der Waals surface area contributed by atoms with E-state index in [1.54, 1.807) is 0 Å². The Bertz CT molecular complexity index is 1470. The van der Waals surface area contributed by atoms with Crippen molar-refractivity contribution < 1.29 is 0 Å². The Balaban J connectivity index is 1.95. The Morgan fingerprint density at radius 1 is 0.667 bits per heavy atom. The molecule has 0 bridgehead atoms. The van der Waals surface area contributed by atoms with Gasteiger partial charge < -0.3 is 9.55 Å². The number of fused-ring (bicyclic) bond motifs is 7. The number of rotatable bonds is 1. The number of aromatic nitrogens is 2. The van der Waals surface area contributed by atoms with Crippen LogP contribution < -0.4 is 0 Å². The molecular weight excluding hydrogens is 396 g/mol. The lowest BCUT2D eigenvalue weighted by molar-refractivity contribution is 1.19. The first-order valence-electron chi connectivity index (χ1n) is 9.00. The van der Waals surface area contributed by atoms with Crippen molar-refractivity contribution in [2.75, 3.05) is 0 Å². The van der Waals surface area contributed by atoms with Crippen LogP contribution in [0, 0.1) is 0 Å². The van der Waals surface area contributed by atoms with Crippen LogP contribution in [0.15, 0.2) is 89.4 Å². The number of nitrogens with zero attached hydrogens (tertiary/aromatic N) is 1. The number of H-pyrrole nitrogens is 1. The summed E-state index contributed by atoms with van der Waals surface area (Å²) in [7, 11) is 0. The van der Waals surface area contributed by atoms with Crippen LogP contribution in [0.4, 0.5) is 0 Å². The van der Waals surface area contributed by atoms with Crippen LogP contribution in [0.5, 0.6) is 0 Å². The number of nitrogens with one attached hydrogen (secondary N) is 1. The maximum Gasteiger partial charge on any atom is 0.0641 e. The van der Waals surface area contributed by atoms with E-state index >= 15 is 0 Å². The predicted molar refractivity (Wildman–Crippen MR) is 118 cm³/mol. The minimum atomic E-state index is 1.09. The maximum atomic E-state index is 3.64. The molecule has 2 aromatic heterocycles. The molecule has 6 rings (SSSR count). The average molecular weight is 411 g/mol. The highest BCUT2D eigenvalue weighted by molar-refractivity contribution is 9.10. The molecular formula is C24H15BrN2. The second kappa shape index (κ2) is 5.48. The summed E-state index contributed by atoms with van der Waals surface area (Å²) < 4.78 is 3.48. The molecule has 0 saturated carbocycles. The zero-order valence-corrected chi connectivity index (χ0v) is 16.0. The van der Waals surface area contributed by atoms with Crippen LogP contribution in [-0.4, -0.2) is 9.55 Å². The molecule has 0 aliphatic heterocycles. The molecule has 0 atom stereocenters. The number of aromatic amines is 1. The monoisotopic (exact) mass is 410 g/mol. The molecule has 4 aromatic carbocycles. The molecule has 0 spiro atoms. The molecule has 1 N–H and O–H groups in total. The summed E-state index contributed by atoms with van der Waals surface area (Å²) in [6.07, 6.45) is 0.